The average Bonchev–Trinajstić information content (AvgIpc) is 2.78. The molecule has 0 N–H and O–H groups in total. The second-order valence-corrected chi connectivity index (χ2v) is 7.80. The maximum atomic E-state index is 14.5. The van der Waals surface area contributed by atoms with Crippen LogP contribution in [0.25, 0.3) is 16.6 Å². The maximum Gasteiger partial charge on any atom is 0.336 e. The van der Waals surface area contributed by atoms with Crippen molar-refractivity contribution in [1.29, 1.82) is 0 Å². The molecule has 2 heterocycles. The molecular formula is C23H25FN4O3. The van der Waals surface area contributed by atoms with Gasteiger partial charge in [0.05, 0.1) is 16.6 Å². The summed E-state index contributed by atoms with van der Waals surface area (Å²) in [6.07, 6.45) is 0. The first kappa shape index (κ1) is 21.0. The number of hydrogen-bond acceptors (Lipinski definition) is 4. The zero-order valence-corrected chi connectivity index (χ0v) is 17.7. The van der Waals surface area contributed by atoms with E-state index in [9.17, 15) is 18.8 Å². The number of amides is 1. The summed E-state index contributed by atoms with van der Waals surface area (Å²) in [6, 6.07) is 10.8. The summed E-state index contributed by atoms with van der Waals surface area (Å²) >= 11 is 0. The van der Waals surface area contributed by atoms with Crippen LogP contribution in [0.3, 0.4) is 0 Å². The van der Waals surface area contributed by atoms with E-state index in [2.05, 4.69) is 11.8 Å². The number of fused-ring (bicyclic) bond motifs is 1. The number of aromatic nitrogens is 2. The van der Waals surface area contributed by atoms with Gasteiger partial charge >= 0.3 is 5.69 Å². The number of hydrogen-bond donors (Lipinski definition) is 0. The molecule has 0 saturated carbocycles. The van der Waals surface area contributed by atoms with Crippen molar-refractivity contribution in [2.45, 2.75) is 20.4 Å². The van der Waals surface area contributed by atoms with Gasteiger partial charge in [-0.3, -0.25) is 14.2 Å². The van der Waals surface area contributed by atoms with E-state index >= 15 is 0 Å². The van der Waals surface area contributed by atoms with Gasteiger partial charge in [-0.25, -0.2) is 13.8 Å². The molecule has 2 aromatic carbocycles. The Bertz CT molecular complexity index is 1260. The number of piperazine rings is 1. The smallest absolute Gasteiger partial charge is 0.336 e. The van der Waals surface area contributed by atoms with E-state index in [-0.39, 0.29) is 23.5 Å². The molecule has 1 aromatic heterocycles. The van der Waals surface area contributed by atoms with Crippen LogP contribution in [0.2, 0.25) is 0 Å². The third-order valence-electron chi connectivity index (χ3n) is 5.86. The molecular weight excluding hydrogens is 399 g/mol. The molecule has 31 heavy (non-hydrogen) atoms. The highest BCUT2D eigenvalue weighted by molar-refractivity contribution is 5.82. The van der Waals surface area contributed by atoms with Crippen LogP contribution in [0.15, 0.2) is 52.1 Å². The summed E-state index contributed by atoms with van der Waals surface area (Å²) in [5, 5.41) is 0.270. The number of rotatable bonds is 4. The molecule has 4 rings (SSSR count). The van der Waals surface area contributed by atoms with Crippen LogP contribution in [0.5, 0.6) is 0 Å². The Morgan fingerprint density at radius 2 is 1.74 bits per heavy atom. The second kappa shape index (κ2) is 8.47. The highest BCUT2D eigenvalue weighted by Gasteiger charge is 2.23. The van der Waals surface area contributed by atoms with Crippen molar-refractivity contribution in [3.8, 4) is 5.69 Å². The minimum Gasteiger partial charge on any atom is -0.339 e. The van der Waals surface area contributed by atoms with E-state index in [0.717, 1.165) is 29.8 Å². The van der Waals surface area contributed by atoms with Crippen molar-refractivity contribution in [3.63, 3.8) is 0 Å². The van der Waals surface area contributed by atoms with E-state index in [1.165, 1.54) is 22.8 Å². The minimum atomic E-state index is -0.730. The first-order valence-electron chi connectivity index (χ1n) is 10.4. The van der Waals surface area contributed by atoms with Gasteiger partial charge in [0, 0.05) is 26.2 Å². The van der Waals surface area contributed by atoms with Crippen LogP contribution >= 0.6 is 0 Å². The lowest BCUT2D eigenvalue weighted by Gasteiger charge is -2.34. The van der Waals surface area contributed by atoms with Gasteiger partial charge in [0.25, 0.3) is 5.56 Å². The summed E-state index contributed by atoms with van der Waals surface area (Å²) in [4.78, 5) is 43.5. The Morgan fingerprint density at radius 1 is 1.03 bits per heavy atom. The topological polar surface area (TPSA) is 67.5 Å². The van der Waals surface area contributed by atoms with Gasteiger partial charge in [-0.15, -0.1) is 0 Å². The molecule has 8 heteroatoms. The maximum absolute atomic E-state index is 14.5. The van der Waals surface area contributed by atoms with E-state index < -0.39 is 17.1 Å². The predicted octanol–water partition coefficient (Wildman–Crippen LogP) is 1.76. The van der Waals surface area contributed by atoms with Gasteiger partial charge < -0.3 is 9.80 Å². The van der Waals surface area contributed by atoms with Gasteiger partial charge in [0.15, 0.2) is 0 Å². The summed E-state index contributed by atoms with van der Waals surface area (Å²) in [5.74, 6) is -0.874. The molecule has 162 valence electrons. The normalized spacial score (nSPS) is 14.9. The van der Waals surface area contributed by atoms with Gasteiger partial charge in [-0.05, 0) is 37.7 Å². The van der Waals surface area contributed by atoms with Crippen LogP contribution in [0, 0.1) is 12.7 Å². The molecule has 3 aromatic rings. The van der Waals surface area contributed by atoms with Crippen molar-refractivity contribution in [2.24, 2.45) is 0 Å². The van der Waals surface area contributed by atoms with E-state index in [1.54, 1.807) is 29.2 Å². The van der Waals surface area contributed by atoms with E-state index in [0.29, 0.717) is 18.6 Å². The number of carbonyl (C=O) groups excluding carboxylic acids is 1. The molecule has 0 unspecified atom stereocenters. The van der Waals surface area contributed by atoms with Crippen LogP contribution in [-0.2, 0) is 11.3 Å². The lowest BCUT2D eigenvalue weighted by molar-refractivity contribution is -0.133. The summed E-state index contributed by atoms with van der Waals surface area (Å²) < 4.78 is 16.6. The summed E-state index contributed by atoms with van der Waals surface area (Å²) in [7, 11) is 0. The van der Waals surface area contributed by atoms with Crippen molar-refractivity contribution < 1.29 is 9.18 Å². The second-order valence-electron chi connectivity index (χ2n) is 7.80. The number of para-hydroxylation sites is 1. The number of nitrogens with zero attached hydrogens (tertiary/aromatic N) is 4. The molecule has 7 nitrogen and oxygen atoms in total. The van der Waals surface area contributed by atoms with Gasteiger partial charge in [0.1, 0.15) is 12.4 Å². The van der Waals surface area contributed by atoms with Crippen LogP contribution < -0.4 is 11.2 Å². The number of likely N-dealkylation sites (N-methyl/N-ethyl adjacent to an activating group) is 1. The first-order valence-corrected chi connectivity index (χ1v) is 10.4. The number of aryl methyl sites for hydroxylation is 1. The fourth-order valence-electron chi connectivity index (χ4n) is 4.03. The number of benzene rings is 2. The number of carbonyl (C=O) groups is 1. The molecule has 1 aliphatic rings. The zero-order chi connectivity index (χ0) is 22.1. The van der Waals surface area contributed by atoms with E-state index in [1.807, 2.05) is 6.92 Å². The molecule has 1 aliphatic heterocycles. The third kappa shape index (κ3) is 3.90. The fourth-order valence-corrected chi connectivity index (χ4v) is 4.03. The van der Waals surface area contributed by atoms with Gasteiger partial charge in [-0.2, -0.15) is 0 Å². The quantitative estimate of drug-likeness (QED) is 0.640. The fraction of sp³-hybridized carbons (Fsp3) is 0.348. The SMILES string of the molecule is CCN1CCN(C(=O)Cn2c(=O)n(-c3ccccc3F)c(=O)c3cc(C)ccc32)CC1. The summed E-state index contributed by atoms with van der Waals surface area (Å²) in [5.41, 5.74) is -0.259. The highest BCUT2D eigenvalue weighted by atomic mass is 19.1. The third-order valence-corrected chi connectivity index (χ3v) is 5.86. The van der Waals surface area contributed by atoms with Crippen molar-refractivity contribution in [2.75, 3.05) is 32.7 Å². The van der Waals surface area contributed by atoms with Gasteiger partial charge in [-0.1, -0.05) is 30.7 Å². The first-order chi connectivity index (χ1) is 14.9. The number of halogens is 1. The molecule has 1 fully saturated rings. The van der Waals surface area contributed by atoms with Crippen LogP contribution in [0.1, 0.15) is 12.5 Å². The molecule has 0 spiro atoms. The zero-order valence-electron chi connectivity index (χ0n) is 17.7. The molecule has 0 bridgehead atoms. The minimum absolute atomic E-state index is 0.126. The lowest BCUT2D eigenvalue weighted by atomic mass is 10.1. The molecule has 0 atom stereocenters. The highest BCUT2D eigenvalue weighted by Crippen LogP contribution is 2.15. The Labute approximate surface area is 178 Å². The Balaban J connectivity index is 1.83. The average molecular weight is 424 g/mol. The molecule has 1 saturated heterocycles. The Hall–Kier alpha value is -3.26. The lowest BCUT2D eigenvalue weighted by Crippen LogP contribution is -2.50. The van der Waals surface area contributed by atoms with Crippen molar-refractivity contribution >= 4 is 16.8 Å². The van der Waals surface area contributed by atoms with Crippen molar-refractivity contribution in [3.05, 3.63) is 74.7 Å². The van der Waals surface area contributed by atoms with E-state index in [4.69, 9.17) is 0 Å². The Morgan fingerprint density at radius 3 is 2.42 bits per heavy atom. The van der Waals surface area contributed by atoms with Crippen LogP contribution in [0.4, 0.5) is 4.39 Å². The van der Waals surface area contributed by atoms with Crippen molar-refractivity contribution in [1.82, 2.24) is 18.9 Å². The Kier molecular flexibility index (Phi) is 5.73. The van der Waals surface area contributed by atoms with Gasteiger partial charge in [0.2, 0.25) is 5.91 Å². The molecule has 1 amide bonds. The predicted molar refractivity (Wildman–Crippen MR) is 117 cm³/mol. The largest absolute Gasteiger partial charge is 0.339 e. The molecule has 0 radical (unpaired) electrons. The monoisotopic (exact) mass is 424 g/mol. The molecule has 0 aliphatic carbocycles. The summed E-state index contributed by atoms with van der Waals surface area (Å²) in [6.45, 7) is 7.38. The van der Waals surface area contributed by atoms with Crippen LogP contribution in [-0.4, -0.2) is 57.6 Å². The standard InChI is InChI=1S/C23H25FN4O3/c1-3-25-10-12-26(13-11-25)21(29)15-27-19-9-8-16(2)14-17(19)22(30)28(23(27)31)20-7-5-4-6-18(20)24/h4-9,14H,3,10-13,15H2,1-2H3.